The molecule has 5 heteroatoms. The number of carbonyl (C=O) groups is 2. The SMILES string of the molecule is Cc1ccccc1C(=O)Nc1sc2ccccc2c1C(=O)O. The zero-order valence-electron chi connectivity index (χ0n) is 11.8. The number of aromatic carboxylic acids is 1. The van der Waals surface area contributed by atoms with Crippen LogP contribution >= 0.6 is 11.3 Å². The largest absolute Gasteiger partial charge is 0.478 e. The normalized spacial score (nSPS) is 10.6. The van der Waals surface area contributed by atoms with Crippen molar-refractivity contribution in [3.63, 3.8) is 0 Å². The smallest absolute Gasteiger partial charge is 0.339 e. The molecule has 22 heavy (non-hydrogen) atoms. The van der Waals surface area contributed by atoms with Gasteiger partial charge in [-0.3, -0.25) is 4.79 Å². The second-order valence-corrected chi connectivity index (χ2v) is 5.93. The predicted molar refractivity (Wildman–Crippen MR) is 87.9 cm³/mol. The molecule has 0 aliphatic rings. The van der Waals surface area contributed by atoms with Gasteiger partial charge in [-0.2, -0.15) is 0 Å². The van der Waals surface area contributed by atoms with Crippen molar-refractivity contribution in [3.05, 3.63) is 65.2 Å². The number of hydrogen-bond donors (Lipinski definition) is 2. The van der Waals surface area contributed by atoms with Crippen molar-refractivity contribution in [3.8, 4) is 0 Å². The minimum absolute atomic E-state index is 0.141. The summed E-state index contributed by atoms with van der Waals surface area (Å²) < 4.78 is 0.833. The number of amides is 1. The highest BCUT2D eigenvalue weighted by atomic mass is 32.1. The summed E-state index contributed by atoms with van der Waals surface area (Å²) in [6.07, 6.45) is 0. The Hall–Kier alpha value is -2.66. The molecule has 2 aromatic carbocycles. The summed E-state index contributed by atoms with van der Waals surface area (Å²) in [5.41, 5.74) is 1.52. The van der Waals surface area contributed by atoms with E-state index in [9.17, 15) is 14.7 Å². The molecule has 0 aliphatic heterocycles. The van der Waals surface area contributed by atoms with E-state index in [4.69, 9.17) is 0 Å². The molecule has 0 saturated heterocycles. The third-order valence-corrected chi connectivity index (χ3v) is 4.51. The molecule has 4 nitrogen and oxygen atoms in total. The van der Waals surface area contributed by atoms with Crippen LogP contribution in [-0.2, 0) is 0 Å². The minimum Gasteiger partial charge on any atom is -0.478 e. The van der Waals surface area contributed by atoms with Crippen molar-refractivity contribution in [1.29, 1.82) is 0 Å². The Bertz CT molecular complexity index is 882. The Morgan fingerprint density at radius 3 is 2.45 bits per heavy atom. The molecule has 0 saturated carbocycles. The molecule has 2 N–H and O–H groups in total. The average molecular weight is 311 g/mol. The molecular weight excluding hydrogens is 298 g/mol. The fourth-order valence-electron chi connectivity index (χ4n) is 2.34. The Morgan fingerprint density at radius 1 is 1.05 bits per heavy atom. The first-order chi connectivity index (χ1) is 10.6. The van der Waals surface area contributed by atoms with Crippen LogP contribution in [0.2, 0.25) is 0 Å². The standard InChI is InChI=1S/C17H13NO3S/c1-10-6-2-3-7-11(10)15(19)18-16-14(17(20)21)12-8-4-5-9-13(12)22-16/h2-9H,1H3,(H,18,19)(H,20,21). The van der Waals surface area contributed by atoms with Crippen molar-refractivity contribution < 1.29 is 14.7 Å². The summed E-state index contributed by atoms with van der Waals surface area (Å²) >= 11 is 1.27. The lowest BCUT2D eigenvalue weighted by molar-refractivity contribution is 0.0700. The lowest BCUT2D eigenvalue weighted by Crippen LogP contribution is -2.14. The Morgan fingerprint density at radius 2 is 1.73 bits per heavy atom. The summed E-state index contributed by atoms with van der Waals surface area (Å²) in [6.45, 7) is 1.85. The first-order valence-electron chi connectivity index (χ1n) is 6.69. The average Bonchev–Trinajstić information content (AvgIpc) is 2.85. The van der Waals surface area contributed by atoms with Crippen LogP contribution in [0.3, 0.4) is 0 Å². The highest BCUT2D eigenvalue weighted by Gasteiger charge is 2.20. The first kappa shape index (κ1) is 14.3. The Balaban J connectivity index is 2.04. The molecule has 110 valence electrons. The summed E-state index contributed by atoms with van der Waals surface area (Å²) in [6, 6.07) is 14.4. The number of rotatable bonds is 3. The summed E-state index contributed by atoms with van der Waals surface area (Å²) in [4.78, 5) is 23.9. The molecule has 0 fully saturated rings. The number of carboxylic acids is 1. The number of nitrogens with one attached hydrogen (secondary N) is 1. The number of anilines is 1. The van der Waals surface area contributed by atoms with Crippen molar-refractivity contribution in [1.82, 2.24) is 0 Å². The molecule has 1 heterocycles. The van der Waals surface area contributed by atoms with Crippen LogP contribution in [0.15, 0.2) is 48.5 Å². The fourth-order valence-corrected chi connectivity index (χ4v) is 3.43. The van der Waals surface area contributed by atoms with Gasteiger partial charge in [0.05, 0.1) is 0 Å². The zero-order valence-corrected chi connectivity index (χ0v) is 12.6. The maximum absolute atomic E-state index is 12.4. The van der Waals surface area contributed by atoms with E-state index in [0.717, 1.165) is 10.3 Å². The van der Waals surface area contributed by atoms with Gasteiger partial charge >= 0.3 is 5.97 Å². The fraction of sp³-hybridized carbons (Fsp3) is 0.0588. The molecule has 0 aliphatic carbocycles. The van der Waals surface area contributed by atoms with Crippen LogP contribution in [0.25, 0.3) is 10.1 Å². The number of carbonyl (C=O) groups excluding carboxylic acids is 1. The predicted octanol–water partition coefficient (Wildman–Crippen LogP) is 4.16. The van der Waals surface area contributed by atoms with Gasteiger partial charge in [0.15, 0.2) is 0 Å². The maximum atomic E-state index is 12.4. The van der Waals surface area contributed by atoms with Gasteiger partial charge in [0.2, 0.25) is 0 Å². The van der Waals surface area contributed by atoms with E-state index in [0.29, 0.717) is 16.0 Å². The second-order valence-electron chi connectivity index (χ2n) is 4.88. The summed E-state index contributed by atoms with van der Waals surface area (Å²) in [5, 5.41) is 13.2. The molecule has 0 unspecified atom stereocenters. The number of benzene rings is 2. The summed E-state index contributed by atoms with van der Waals surface area (Å²) in [7, 11) is 0. The van der Waals surface area contributed by atoms with Crippen LogP contribution in [0, 0.1) is 6.92 Å². The monoisotopic (exact) mass is 311 g/mol. The minimum atomic E-state index is -1.04. The van der Waals surface area contributed by atoms with Crippen LogP contribution in [0.4, 0.5) is 5.00 Å². The lowest BCUT2D eigenvalue weighted by Gasteiger charge is -2.06. The van der Waals surface area contributed by atoms with E-state index < -0.39 is 5.97 Å². The molecule has 3 rings (SSSR count). The molecule has 3 aromatic rings. The van der Waals surface area contributed by atoms with E-state index >= 15 is 0 Å². The molecule has 0 radical (unpaired) electrons. The van der Waals surface area contributed by atoms with Gasteiger partial charge in [0.25, 0.3) is 5.91 Å². The van der Waals surface area contributed by atoms with Gasteiger partial charge in [0.1, 0.15) is 10.6 Å². The highest BCUT2D eigenvalue weighted by Crippen LogP contribution is 2.35. The number of thiophene rings is 1. The molecule has 0 atom stereocenters. The van der Waals surface area contributed by atoms with Gasteiger partial charge in [-0.15, -0.1) is 11.3 Å². The van der Waals surface area contributed by atoms with E-state index in [1.165, 1.54) is 11.3 Å². The van der Waals surface area contributed by atoms with Gasteiger partial charge in [0, 0.05) is 15.6 Å². The molecular formula is C17H13NO3S. The number of carboxylic acid groups (broad SMARTS) is 1. The van der Waals surface area contributed by atoms with Crippen molar-refractivity contribution in [2.24, 2.45) is 0 Å². The molecule has 1 amide bonds. The second kappa shape index (κ2) is 5.61. The topological polar surface area (TPSA) is 66.4 Å². The third kappa shape index (κ3) is 2.46. The molecule has 1 aromatic heterocycles. The quantitative estimate of drug-likeness (QED) is 0.763. The number of aryl methyl sites for hydroxylation is 1. The van der Waals surface area contributed by atoms with E-state index in [-0.39, 0.29) is 11.5 Å². The van der Waals surface area contributed by atoms with Crippen LogP contribution in [-0.4, -0.2) is 17.0 Å². The lowest BCUT2D eigenvalue weighted by atomic mass is 10.1. The first-order valence-corrected chi connectivity index (χ1v) is 7.51. The van der Waals surface area contributed by atoms with Gasteiger partial charge in [-0.25, -0.2) is 4.79 Å². The maximum Gasteiger partial charge on any atom is 0.339 e. The third-order valence-electron chi connectivity index (χ3n) is 3.43. The van der Waals surface area contributed by atoms with Crippen molar-refractivity contribution >= 4 is 38.3 Å². The van der Waals surface area contributed by atoms with Crippen LogP contribution < -0.4 is 5.32 Å². The molecule has 0 spiro atoms. The van der Waals surface area contributed by atoms with Gasteiger partial charge in [-0.05, 0) is 24.6 Å². The van der Waals surface area contributed by atoms with E-state index in [2.05, 4.69) is 5.32 Å². The molecule has 0 bridgehead atoms. The van der Waals surface area contributed by atoms with E-state index in [1.807, 2.05) is 31.2 Å². The van der Waals surface area contributed by atoms with Crippen molar-refractivity contribution in [2.45, 2.75) is 6.92 Å². The summed E-state index contributed by atoms with van der Waals surface area (Å²) in [5.74, 6) is -1.34. The number of fused-ring (bicyclic) bond motifs is 1. The van der Waals surface area contributed by atoms with Crippen LogP contribution in [0.5, 0.6) is 0 Å². The van der Waals surface area contributed by atoms with Gasteiger partial charge in [-0.1, -0.05) is 36.4 Å². The Kier molecular flexibility index (Phi) is 3.65. The number of hydrogen-bond acceptors (Lipinski definition) is 3. The van der Waals surface area contributed by atoms with Gasteiger partial charge < -0.3 is 10.4 Å². The van der Waals surface area contributed by atoms with Crippen LogP contribution in [0.1, 0.15) is 26.3 Å². The highest BCUT2D eigenvalue weighted by molar-refractivity contribution is 7.23. The zero-order chi connectivity index (χ0) is 15.7. The Labute approximate surface area is 131 Å². The van der Waals surface area contributed by atoms with Crippen molar-refractivity contribution in [2.75, 3.05) is 5.32 Å². The van der Waals surface area contributed by atoms with E-state index in [1.54, 1.807) is 24.3 Å².